The number of allylic oxidation sites excluding steroid dienone is 4. The van der Waals surface area contributed by atoms with Crippen LogP contribution in [0.1, 0.15) is 6.42 Å². The van der Waals surface area contributed by atoms with Gasteiger partial charge in [0.25, 0.3) is 5.70 Å². The molecule has 0 fully saturated rings. The Morgan fingerprint density at radius 2 is 2.33 bits per heavy atom. The Balaban J connectivity index is 3.03. The van der Waals surface area contributed by atoms with Gasteiger partial charge in [-0.1, -0.05) is 0 Å². The first-order valence-electron chi connectivity index (χ1n) is 3.19. The number of aliphatic hydroxyl groups excluding tert-OH is 1. The second-order valence-corrected chi connectivity index (χ2v) is 2.25. The van der Waals surface area contributed by atoms with Crippen LogP contribution in [0.5, 0.6) is 0 Å². The van der Waals surface area contributed by atoms with Crippen molar-refractivity contribution in [3.8, 4) is 0 Å². The SMILES string of the molecule is O=[N+]([O-])C1=CC=C(F)CC1=CO. The summed E-state index contributed by atoms with van der Waals surface area (Å²) in [4.78, 5) is 9.60. The number of nitrogens with zero attached hydrogens (tertiary/aromatic N) is 1. The molecule has 0 radical (unpaired) electrons. The van der Waals surface area contributed by atoms with Crippen LogP contribution >= 0.6 is 0 Å². The molecule has 1 aliphatic rings. The van der Waals surface area contributed by atoms with E-state index in [0.29, 0.717) is 6.26 Å². The largest absolute Gasteiger partial charge is 0.515 e. The molecule has 0 unspecified atom stereocenters. The molecule has 0 aromatic carbocycles. The molecule has 0 bridgehead atoms. The fraction of sp³-hybridized carbons (Fsp3) is 0.143. The van der Waals surface area contributed by atoms with E-state index in [-0.39, 0.29) is 17.7 Å². The zero-order valence-electron chi connectivity index (χ0n) is 6.03. The van der Waals surface area contributed by atoms with Crippen molar-refractivity contribution in [3.05, 3.63) is 45.6 Å². The van der Waals surface area contributed by atoms with Gasteiger partial charge in [-0.05, 0) is 6.08 Å². The number of aliphatic hydroxyl groups is 1. The van der Waals surface area contributed by atoms with Gasteiger partial charge in [-0.2, -0.15) is 0 Å². The van der Waals surface area contributed by atoms with E-state index in [1.54, 1.807) is 0 Å². The van der Waals surface area contributed by atoms with E-state index in [2.05, 4.69) is 0 Å². The summed E-state index contributed by atoms with van der Waals surface area (Å²) in [5, 5.41) is 18.8. The van der Waals surface area contributed by atoms with Crippen molar-refractivity contribution < 1.29 is 14.4 Å². The van der Waals surface area contributed by atoms with Crippen molar-refractivity contribution in [2.24, 2.45) is 0 Å². The zero-order chi connectivity index (χ0) is 9.14. The maximum Gasteiger partial charge on any atom is 0.276 e. The standard InChI is InChI=1S/C7H6FNO3/c8-6-1-2-7(9(11)12)5(3-6)4-10/h1-2,4,10H,3H2. The first-order chi connectivity index (χ1) is 5.65. The normalized spacial score (nSPS) is 20.2. The molecule has 12 heavy (non-hydrogen) atoms. The van der Waals surface area contributed by atoms with Crippen LogP contribution in [-0.2, 0) is 0 Å². The summed E-state index contributed by atoms with van der Waals surface area (Å²) in [7, 11) is 0. The highest BCUT2D eigenvalue weighted by Gasteiger charge is 2.21. The molecular formula is C7H6FNO3. The van der Waals surface area contributed by atoms with E-state index in [4.69, 9.17) is 5.11 Å². The van der Waals surface area contributed by atoms with Gasteiger partial charge in [-0.15, -0.1) is 0 Å². The van der Waals surface area contributed by atoms with E-state index in [1.807, 2.05) is 0 Å². The molecule has 0 aromatic heterocycles. The van der Waals surface area contributed by atoms with Crippen molar-refractivity contribution in [1.29, 1.82) is 0 Å². The Morgan fingerprint density at radius 3 is 2.83 bits per heavy atom. The summed E-state index contributed by atoms with van der Waals surface area (Å²) in [6.45, 7) is 0. The summed E-state index contributed by atoms with van der Waals surface area (Å²) < 4.78 is 12.5. The quantitative estimate of drug-likeness (QED) is 0.372. The Morgan fingerprint density at radius 1 is 1.67 bits per heavy atom. The van der Waals surface area contributed by atoms with Gasteiger partial charge in [0.15, 0.2) is 0 Å². The predicted molar refractivity (Wildman–Crippen MR) is 39.6 cm³/mol. The fourth-order valence-corrected chi connectivity index (χ4v) is 0.898. The van der Waals surface area contributed by atoms with Crippen molar-refractivity contribution in [1.82, 2.24) is 0 Å². The van der Waals surface area contributed by atoms with Gasteiger partial charge in [-0.3, -0.25) is 10.1 Å². The first kappa shape index (κ1) is 8.45. The van der Waals surface area contributed by atoms with Crippen LogP contribution in [0.4, 0.5) is 4.39 Å². The first-order valence-corrected chi connectivity index (χ1v) is 3.19. The van der Waals surface area contributed by atoms with E-state index < -0.39 is 10.8 Å². The van der Waals surface area contributed by atoms with Crippen LogP contribution in [0.15, 0.2) is 35.5 Å². The fourth-order valence-electron chi connectivity index (χ4n) is 0.898. The van der Waals surface area contributed by atoms with Crippen LogP contribution < -0.4 is 0 Å². The van der Waals surface area contributed by atoms with Crippen molar-refractivity contribution in [2.75, 3.05) is 0 Å². The molecule has 1 rings (SSSR count). The predicted octanol–water partition coefficient (Wildman–Crippen LogP) is 1.85. The number of halogens is 1. The monoisotopic (exact) mass is 171 g/mol. The van der Waals surface area contributed by atoms with E-state index >= 15 is 0 Å². The van der Waals surface area contributed by atoms with Gasteiger partial charge in [0.05, 0.1) is 16.8 Å². The van der Waals surface area contributed by atoms with Crippen LogP contribution in [-0.4, -0.2) is 10.0 Å². The molecule has 0 amide bonds. The average Bonchev–Trinajstić information content (AvgIpc) is 2.03. The number of rotatable bonds is 1. The second kappa shape index (κ2) is 3.17. The van der Waals surface area contributed by atoms with Crippen molar-refractivity contribution in [3.63, 3.8) is 0 Å². The smallest absolute Gasteiger partial charge is 0.276 e. The molecule has 1 aliphatic carbocycles. The summed E-state index contributed by atoms with van der Waals surface area (Å²) in [6.07, 6.45) is 2.39. The molecule has 0 heterocycles. The molecule has 5 heteroatoms. The molecule has 0 aliphatic heterocycles. The van der Waals surface area contributed by atoms with Crippen LogP contribution in [0.3, 0.4) is 0 Å². The topological polar surface area (TPSA) is 63.4 Å². The van der Waals surface area contributed by atoms with Crippen LogP contribution in [0, 0.1) is 10.1 Å². The van der Waals surface area contributed by atoms with Gasteiger partial charge in [-0.25, -0.2) is 4.39 Å². The third-order valence-electron chi connectivity index (χ3n) is 1.46. The van der Waals surface area contributed by atoms with Crippen LogP contribution in [0.25, 0.3) is 0 Å². The Kier molecular flexibility index (Phi) is 2.23. The lowest BCUT2D eigenvalue weighted by Crippen LogP contribution is -2.05. The van der Waals surface area contributed by atoms with Gasteiger partial charge in [0.1, 0.15) is 5.83 Å². The van der Waals surface area contributed by atoms with Crippen LogP contribution in [0.2, 0.25) is 0 Å². The summed E-state index contributed by atoms with van der Waals surface area (Å²) >= 11 is 0. The maximum atomic E-state index is 12.5. The summed E-state index contributed by atoms with van der Waals surface area (Å²) in [5.74, 6) is -0.499. The van der Waals surface area contributed by atoms with E-state index in [0.717, 1.165) is 12.2 Å². The van der Waals surface area contributed by atoms with Crippen molar-refractivity contribution in [2.45, 2.75) is 6.42 Å². The molecule has 0 aromatic rings. The van der Waals surface area contributed by atoms with Gasteiger partial charge < -0.3 is 5.11 Å². The summed E-state index contributed by atoms with van der Waals surface area (Å²) in [5.41, 5.74) is -0.279. The minimum Gasteiger partial charge on any atom is -0.515 e. The van der Waals surface area contributed by atoms with E-state index in [9.17, 15) is 14.5 Å². The highest BCUT2D eigenvalue weighted by molar-refractivity contribution is 5.35. The molecule has 0 spiro atoms. The molecule has 0 atom stereocenters. The number of hydrogen-bond acceptors (Lipinski definition) is 3. The molecule has 4 nitrogen and oxygen atoms in total. The number of hydrogen-bond donors (Lipinski definition) is 1. The lowest BCUT2D eigenvalue weighted by molar-refractivity contribution is -0.421. The van der Waals surface area contributed by atoms with Gasteiger partial charge >= 0.3 is 0 Å². The lowest BCUT2D eigenvalue weighted by Gasteiger charge is -2.04. The molecule has 64 valence electrons. The molecular weight excluding hydrogens is 165 g/mol. The third kappa shape index (κ3) is 1.50. The highest BCUT2D eigenvalue weighted by atomic mass is 19.1. The second-order valence-electron chi connectivity index (χ2n) is 2.25. The molecule has 1 N–H and O–H groups in total. The minimum atomic E-state index is -0.662. The zero-order valence-corrected chi connectivity index (χ0v) is 6.03. The average molecular weight is 171 g/mol. The van der Waals surface area contributed by atoms with Crippen molar-refractivity contribution >= 4 is 0 Å². The minimum absolute atomic E-state index is 0.0139. The molecule has 0 saturated carbocycles. The van der Waals surface area contributed by atoms with E-state index in [1.165, 1.54) is 0 Å². The Labute approximate surface area is 67.5 Å². The lowest BCUT2D eigenvalue weighted by atomic mass is 10.1. The third-order valence-corrected chi connectivity index (χ3v) is 1.46. The Bertz CT molecular complexity index is 304. The number of nitro groups is 1. The van der Waals surface area contributed by atoms with Gasteiger partial charge in [0, 0.05) is 12.5 Å². The highest BCUT2D eigenvalue weighted by Crippen LogP contribution is 2.24. The van der Waals surface area contributed by atoms with Gasteiger partial charge in [0.2, 0.25) is 0 Å². The molecule has 0 saturated heterocycles. The maximum absolute atomic E-state index is 12.5. The Hall–Kier alpha value is -1.65. The summed E-state index contributed by atoms with van der Waals surface area (Å²) in [6, 6.07) is 0.